The second-order valence-electron chi connectivity index (χ2n) is 3.81. The molecule has 0 saturated heterocycles. The number of halogens is 3. The summed E-state index contributed by atoms with van der Waals surface area (Å²) in [5.74, 6) is -0.636. The number of hydrogen-bond donors (Lipinski definition) is 0. The second kappa shape index (κ2) is 7.08. The molecule has 0 aliphatic carbocycles. The Morgan fingerprint density at radius 2 is 1.77 bits per heavy atom. The van der Waals surface area contributed by atoms with Gasteiger partial charge in [0.05, 0.1) is 23.7 Å². The molecule has 0 bridgehead atoms. The summed E-state index contributed by atoms with van der Waals surface area (Å²) in [5.41, 5.74) is -2.22. The van der Waals surface area contributed by atoms with Crippen molar-refractivity contribution in [1.29, 1.82) is 0 Å². The van der Waals surface area contributed by atoms with Gasteiger partial charge >= 0.3 is 19.7 Å². The van der Waals surface area contributed by atoms with Crippen molar-refractivity contribution in [2.45, 2.75) is 20.0 Å². The van der Waals surface area contributed by atoms with Gasteiger partial charge in [0, 0.05) is 6.07 Å². The van der Waals surface area contributed by atoms with Crippen LogP contribution in [0.2, 0.25) is 0 Å². The predicted molar refractivity (Wildman–Crippen MR) is 69.6 cm³/mol. The van der Waals surface area contributed by atoms with Crippen LogP contribution in [0.4, 0.5) is 18.9 Å². The molecule has 0 saturated carbocycles. The van der Waals surface area contributed by atoms with Crippen LogP contribution in [0, 0.1) is 10.1 Å². The van der Waals surface area contributed by atoms with Crippen LogP contribution in [0.1, 0.15) is 19.4 Å². The Balaban J connectivity index is 3.24. The molecular weight excluding hydrogens is 330 g/mol. The van der Waals surface area contributed by atoms with Crippen molar-refractivity contribution in [3.05, 3.63) is 33.9 Å². The Morgan fingerprint density at radius 1 is 1.23 bits per heavy atom. The number of nitrogens with zero attached hydrogens (tertiary/aromatic N) is 1. The van der Waals surface area contributed by atoms with Crippen LogP contribution >= 0.6 is 7.82 Å². The minimum atomic E-state index is -4.76. The van der Waals surface area contributed by atoms with Crippen molar-refractivity contribution in [2.24, 2.45) is 0 Å². The van der Waals surface area contributed by atoms with Crippen LogP contribution in [-0.4, -0.2) is 18.1 Å². The standard InChI is InChI=1S/C11H13F3NO6P/c1-3-19-22(18,20-4-2)21-10-6-5-8(11(12,13)14)7-9(10)15(16)17/h5-7H,3-4H2,1-2H3. The van der Waals surface area contributed by atoms with Gasteiger partial charge in [0.2, 0.25) is 5.75 Å². The van der Waals surface area contributed by atoms with Crippen molar-refractivity contribution >= 4 is 13.5 Å². The summed E-state index contributed by atoms with van der Waals surface area (Å²) in [7, 11) is -4.15. The van der Waals surface area contributed by atoms with Gasteiger partial charge in [-0.1, -0.05) is 0 Å². The number of alkyl halides is 3. The van der Waals surface area contributed by atoms with Crippen molar-refractivity contribution in [2.75, 3.05) is 13.2 Å². The molecule has 0 aliphatic rings. The van der Waals surface area contributed by atoms with Gasteiger partial charge in [-0.15, -0.1) is 0 Å². The molecule has 124 valence electrons. The van der Waals surface area contributed by atoms with Crippen LogP contribution in [0.25, 0.3) is 0 Å². The van der Waals surface area contributed by atoms with E-state index in [2.05, 4.69) is 0 Å². The quantitative estimate of drug-likeness (QED) is 0.419. The fraction of sp³-hybridized carbons (Fsp3) is 0.455. The highest BCUT2D eigenvalue weighted by atomic mass is 31.2. The smallest absolute Gasteiger partial charge is 0.397 e. The zero-order valence-corrected chi connectivity index (χ0v) is 12.5. The Bertz CT molecular complexity index is 582. The average molecular weight is 343 g/mol. The Kier molecular flexibility index (Phi) is 5.92. The van der Waals surface area contributed by atoms with Crippen molar-refractivity contribution < 1.29 is 36.2 Å². The maximum atomic E-state index is 12.6. The van der Waals surface area contributed by atoms with Crippen LogP contribution in [0.3, 0.4) is 0 Å². The van der Waals surface area contributed by atoms with Crippen LogP contribution < -0.4 is 4.52 Å². The van der Waals surface area contributed by atoms with Gasteiger partial charge in [0.25, 0.3) is 0 Å². The van der Waals surface area contributed by atoms with Crippen molar-refractivity contribution in [1.82, 2.24) is 0 Å². The molecule has 0 radical (unpaired) electrons. The van der Waals surface area contributed by atoms with Gasteiger partial charge in [-0.05, 0) is 26.0 Å². The first-order valence-corrected chi connectivity index (χ1v) is 7.53. The molecule has 0 aromatic heterocycles. The van der Waals surface area contributed by atoms with Crippen LogP contribution in [-0.2, 0) is 19.8 Å². The molecule has 0 amide bonds. The second-order valence-corrected chi connectivity index (χ2v) is 5.40. The molecule has 0 atom stereocenters. The lowest BCUT2D eigenvalue weighted by molar-refractivity contribution is -0.385. The number of phosphoric ester groups is 1. The molecule has 11 heteroatoms. The Labute approximate surface area is 123 Å². The average Bonchev–Trinajstić information content (AvgIpc) is 2.37. The van der Waals surface area contributed by atoms with E-state index < -0.39 is 35.9 Å². The first-order chi connectivity index (χ1) is 10.1. The van der Waals surface area contributed by atoms with Crippen LogP contribution in [0.15, 0.2) is 18.2 Å². The third-order valence-corrected chi connectivity index (χ3v) is 3.84. The first kappa shape index (κ1) is 18.4. The first-order valence-electron chi connectivity index (χ1n) is 6.07. The van der Waals surface area contributed by atoms with E-state index in [1.807, 2.05) is 0 Å². The van der Waals surface area contributed by atoms with Gasteiger partial charge in [-0.2, -0.15) is 13.2 Å². The molecule has 0 unspecified atom stereocenters. The largest absolute Gasteiger partial charge is 0.530 e. The van der Waals surface area contributed by atoms with E-state index in [0.29, 0.717) is 12.1 Å². The summed E-state index contributed by atoms with van der Waals surface area (Å²) in [4.78, 5) is 9.81. The highest BCUT2D eigenvalue weighted by Gasteiger charge is 2.36. The molecule has 1 aromatic rings. The molecule has 0 spiro atoms. The third kappa shape index (κ3) is 4.69. The maximum absolute atomic E-state index is 12.6. The van der Waals surface area contributed by atoms with E-state index in [1.165, 1.54) is 13.8 Å². The number of hydrogen-bond acceptors (Lipinski definition) is 6. The minimum absolute atomic E-state index is 0.0777. The zero-order chi connectivity index (χ0) is 17.0. The van der Waals surface area contributed by atoms with Gasteiger partial charge < -0.3 is 4.52 Å². The van der Waals surface area contributed by atoms with Gasteiger partial charge in [-0.3, -0.25) is 19.2 Å². The lowest BCUT2D eigenvalue weighted by Crippen LogP contribution is -2.07. The Hall–Kier alpha value is -1.64. The van der Waals surface area contributed by atoms with E-state index in [-0.39, 0.29) is 19.3 Å². The van der Waals surface area contributed by atoms with Crippen molar-refractivity contribution in [3.63, 3.8) is 0 Å². The molecule has 0 fully saturated rings. The van der Waals surface area contributed by atoms with E-state index in [4.69, 9.17) is 13.6 Å². The molecule has 1 aromatic carbocycles. The number of benzene rings is 1. The lowest BCUT2D eigenvalue weighted by atomic mass is 10.2. The highest BCUT2D eigenvalue weighted by Crippen LogP contribution is 2.51. The molecular formula is C11H13F3NO6P. The van der Waals surface area contributed by atoms with Crippen LogP contribution in [0.5, 0.6) is 5.75 Å². The van der Waals surface area contributed by atoms with Gasteiger partial charge in [-0.25, -0.2) is 4.57 Å². The molecule has 0 N–H and O–H groups in total. The van der Waals surface area contributed by atoms with E-state index in [1.54, 1.807) is 0 Å². The lowest BCUT2D eigenvalue weighted by Gasteiger charge is -2.17. The maximum Gasteiger partial charge on any atom is 0.530 e. The number of phosphoric acid groups is 1. The van der Waals surface area contributed by atoms with E-state index >= 15 is 0 Å². The monoisotopic (exact) mass is 343 g/mol. The summed E-state index contributed by atoms with van der Waals surface area (Å²) < 4.78 is 64.2. The van der Waals surface area contributed by atoms with E-state index in [0.717, 1.165) is 0 Å². The minimum Gasteiger partial charge on any atom is -0.397 e. The highest BCUT2D eigenvalue weighted by molar-refractivity contribution is 7.48. The summed E-state index contributed by atoms with van der Waals surface area (Å²) in [6, 6.07) is 1.56. The molecule has 1 rings (SSSR count). The summed E-state index contributed by atoms with van der Waals surface area (Å²) in [6.07, 6.45) is -4.76. The van der Waals surface area contributed by atoms with Gasteiger partial charge in [0.15, 0.2) is 0 Å². The number of nitro benzene ring substituents is 1. The Morgan fingerprint density at radius 3 is 2.18 bits per heavy atom. The fourth-order valence-electron chi connectivity index (χ4n) is 1.44. The number of rotatable bonds is 7. The fourth-order valence-corrected chi connectivity index (χ4v) is 2.65. The zero-order valence-electron chi connectivity index (χ0n) is 11.6. The molecule has 0 aliphatic heterocycles. The predicted octanol–water partition coefficient (Wildman–Crippen LogP) is 4.17. The molecule has 0 heterocycles. The van der Waals surface area contributed by atoms with E-state index in [9.17, 15) is 27.9 Å². The summed E-state index contributed by atoms with van der Waals surface area (Å²) in [5, 5.41) is 10.9. The summed E-state index contributed by atoms with van der Waals surface area (Å²) >= 11 is 0. The topological polar surface area (TPSA) is 87.9 Å². The normalized spacial score (nSPS) is 12.2. The molecule has 7 nitrogen and oxygen atoms in total. The van der Waals surface area contributed by atoms with Crippen molar-refractivity contribution in [3.8, 4) is 5.75 Å². The number of nitro groups is 1. The SMILES string of the molecule is CCOP(=O)(OCC)Oc1ccc(C(F)(F)F)cc1[N+](=O)[O-]. The third-order valence-electron chi connectivity index (χ3n) is 2.27. The summed E-state index contributed by atoms with van der Waals surface area (Å²) in [6.45, 7) is 2.81. The molecule has 22 heavy (non-hydrogen) atoms. The van der Waals surface area contributed by atoms with Gasteiger partial charge in [0.1, 0.15) is 0 Å².